The van der Waals surface area contributed by atoms with Crippen LogP contribution in [0.1, 0.15) is 18.4 Å². The maximum Gasteiger partial charge on any atom is 0.270 e. The van der Waals surface area contributed by atoms with Gasteiger partial charge in [0.2, 0.25) is 5.91 Å². The van der Waals surface area contributed by atoms with Crippen LogP contribution in [0.4, 0.5) is 5.69 Å². The summed E-state index contributed by atoms with van der Waals surface area (Å²) in [4.78, 5) is 24.9. The van der Waals surface area contributed by atoms with E-state index in [0.717, 1.165) is 44.6 Å². The number of likely N-dealkylation sites (tertiary alicyclic amines) is 1. The Morgan fingerprint density at radius 1 is 1.30 bits per heavy atom. The monoisotopic (exact) mass is 381 g/mol. The second-order valence-electron chi connectivity index (χ2n) is 6.35. The first kappa shape index (κ1) is 16.4. The number of nitro benzene ring substituents is 1. The van der Waals surface area contributed by atoms with E-state index in [-0.39, 0.29) is 18.0 Å². The predicted octanol–water partition coefficient (Wildman–Crippen LogP) is 2.36. The predicted molar refractivity (Wildman–Crippen MR) is 90.2 cm³/mol. The van der Waals surface area contributed by atoms with E-state index in [9.17, 15) is 14.9 Å². The van der Waals surface area contributed by atoms with Gasteiger partial charge in [-0.2, -0.15) is 0 Å². The minimum Gasteiger partial charge on any atom is -0.342 e. The molecule has 0 saturated carbocycles. The zero-order valence-corrected chi connectivity index (χ0v) is 14.4. The second kappa shape index (κ2) is 6.97. The van der Waals surface area contributed by atoms with Crippen LogP contribution in [-0.4, -0.2) is 41.9 Å². The summed E-state index contributed by atoms with van der Waals surface area (Å²) in [5, 5.41) is 14.2. The van der Waals surface area contributed by atoms with Crippen molar-refractivity contribution in [2.75, 3.05) is 26.2 Å². The van der Waals surface area contributed by atoms with Crippen molar-refractivity contribution in [3.63, 3.8) is 0 Å². The third-order valence-corrected chi connectivity index (χ3v) is 5.70. The molecule has 23 heavy (non-hydrogen) atoms. The van der Waals surface area contributed by atoms with Gasteiger partial charge in [-0.1, -0.05) is 22.0 Å². The number of fused-ring (bicyclic) bond motifs is 1. The summed E-state index contributed by atoms with van der Waals surface area (Å²) in [5.74, 6) is 1.49. The summed E-state index contributed by atoms with van der Waals surface area (Å²) in [5.41, 5.74) is 0.829. The van der Waals surface area contributed by atoms with Gasteiger partial charge in [0.05, 0.1) is 11.3 Å². The van der Waals surface area contributed by atoms with E-state index in [2.05, 4.69) is 21.2 Å². The molecule has 0 aliphatic carbocycles. The zero-order valence-electron chi connectivity index (χ0n) is 12.8. The molecule has 1 amide bonds. The normalized spacial score (nSPS) is 24.1. The Morgan fingerprint density at radius 2 is 1.96 bits per heavy atom. The van der Waals surface area contributed by atoms with E-state index < -0.39 is 4.92 Å². The van der Waals surface area contributed by atoms with Gasteiger partial charge in [0, 0.05) is 29.7 Å². The molecular weight excluding hydrogens is 362 g/mol. The highest BCUT2D eigenvalue weighted by Gasteiger charge is 2.31. The first-order valence-electron chi connectivity index (χ1n) is 7.96. The van der Waals surface area contributed by atoms with Crippen LogP contribution in [0, 0.1) is 22.0 Å². The lowest BCUT2D eigenvalue weighted by molar-refractivity contribution is -0.384. The van der Waals surface area contributed by atoms with Crippen LogP contribution in [0.5, 0.6) is 0 Å². The van der Waals surface area contributed by atoms with Gasteiger partial charge in [-0.3, -0.25) is 14.9 Å². The van der Waals surface area contributed by atoms with E-state index in [1.165, 1.54) is 12.1 Å². The Hall–Kier alpha value is -1.47. The number of nitrogens with one attached hydrogen (secondary N) is 1. The largest absolute Gasteiger partial charge is 0.342 e. The SMILES string of the molecule is O=C(Cc1ccc([N+](=O)[O-])cc1Br)N1CC[C@@H]2CNC[C@@H]2CC1. The number of benzene rings is 1. The molecule has 1 aromatic rings. The molecule has 2 fully saturated rings. The fourth-order valence-corrected chi connectivity index (χ4v) is 4.04. The number of nitro groups is 1. The molecule has 2 atom stereocenters. The number of non-ortho nitro benzene ring substituents is 1. The molecule has 0 spiro atoms. The number of hydrogen-bond donors (Lipinski definition) is 1. The Kier molecular flexibility index (Phi) is 4.96. The van der Waals surface area contributed by atoms with Crippen LogP contribution in [-0.2, 0) is 11.2 Å². The number of hydrogen-bond acceptors (Lipinski definition) is 4. The molecular formula is C16H20BrN3O3. The molecule has 1 aromatic carbocycles. The van der Waals surface area contributed by atoms with Crippen molar-refractivity contribution in [2.45, 2.75) is 19.3 Å². The summed E-state index contributed by atoms with van der Waals surface area (Å²) < 4.78 is 0.621. The Bertz CT molecular complexity index is 609. The number of carbonyl (C=O) groups is 1. The van der Waals surface area contributed by atoms with Gasteiger partial charge < -0.3 is 10.2 Å². The summed E-state index contributed by atoms with van der Waals surface area (Å²) in [6.45, 7) is 3.76. The molecule has 7 heteroatoms. The lowest BCUT2D eigenvalue weighted by Gasteiger charge is -2.21. The van der Waals surface area contributed by atoms with Gasteiger partial charge in [0.15, 0.2) is 0 Å². The molecule has 0 radical (unpaired) electrons. The van der Waals surface area contributed by atoms with E-state index in [4.69, 9.17) is 0 Å². The number of halogens is 1. The molecule has 3 rings (SSSR count). The third kappa shape index (κ3) is 3.72. The molecule has 0 bridgehead atoms. The zero-order chi connectivity index (χ0) is 16.4. The van der Waals surface area contributed by atoms with Gasteiger partial charge in [0.25, 0.3) is 5.69 Å². The summed E-state index contributed by atoms with van der Waals surface area (Å²) in [6.07, 6.45) is 2.40. The molecule has 2 aliphatic heterocycles. The highest BCUT2D eigenvalue weighted by Crippen LogP contribution is 2.28. The average Bonchev–Trinajstić information content (AvgIpc) is 2.87. The maximum absolute atomic E-state index is 12.6. The molecule has 0 aromatic heterocycles. The molecule has 6 nitrogen and oxygen atoms in total. The second-order valence-corrected chi connectivity index (χ2v) is 7.20. The number of rotatable bonds is 3. The summed E-state index contributed by atoms with van der Waals surface area (Å²) in [7, 11) is 0. The van der Waals surface area contributed by atoms with Crippen molar-refractivity contribution in [2.24, 2.45) is 11.8 Å². The van der Waals surface area contributed by atoms with Crippen molar-refractivity contribution < 1.29 is 9.72 Å². The number of nitrogens with zero attached hydrogens (tertiary/aromatic N) is 2. The highest BCUT2D eigenvalue weighted by atomic mass is 79.9. The molecule has 2 saturated heterocycles. The van der Waals surface area contributed by atoms with Gasteiger partial charge in [-0.15, -0.1) is 0 Å². The van der Waals surface area contributed by atoms with E-state index in [0.29, 0.717) is 16.3 Å². The van der Waals surface area contributed by atoms with Crippen molar-refractivity contribution >= 4 is 27.5 Å². The lowest BCUT2D eigenvalue weighted by Crippen LogP contribution is -2.34. The molecule has 2 heterocycles. The lowest BCUT2D eigenvalue weighted by atomic mass is 9.92. The minimum atomic E-state index is -0.433. The highest BCUT2D eigenvalue weighted by molar-refractivity contribution is 9.10. The van der Waals surface area contributed by atoms with Gasteiger partial charge >= 0.3 is 0 Å². The first-order valence-corrected chi connectivity index (χ1v) is 8.75. The minimum absolute atomic E-state index is 0.0307. The Labute approximate surface area is 143 Å². The van der Waals surface area contributed by atoms with Crippen LogP contribution in [0.3, 0.4) is 0 Å². The summed E-state index contributed by atoms with van der Waals surface area (Å²) >= 11 is 3.34. The maximum atomic E-state index is 12.6. The third-order valence-electron chi connectivity index (χ3n) is 4.96. The first-order chi connectivity index (χ1) is 11.0. The van der Waals surface area contributed by atoms with Gasteiger partial charge in [-0.05, 0) is 43.3 Å². The summed E-state index contributed by atoms with van der Waals surface area (Å²) in [6, 6.07) is 4.57. The molecule has 124 valence electrons. The standard InChI is InChI=1S/C16H20BrN3O3/c17-15-8-14(20(22)23)2-1-11(15)7-16(21)19-5-3-12-9-18-10-13(12)4-6-19/h1-2,8,12-13,18H,3-7,9-10H2/t12-,13+. The smallest absolute Gasteiger partial charge is 0.270 e. The van der Waals surface area contributed by atoms with Crippen LogP contribution < -0.4 is 5.32 Å². The fraction of sp³-hybridized carbons (Fsp3) is 0.562. The number of amides is 1. The van der Waals surface area contributed by atoms with Crippen LogP contribution in [0.15, 0.2) is 22.7 Å². The van der Waals surface area contributed by atoms with Crippen LogP contribution >= 0.6 is 15.9 Å². The quantitative estimate of drug-likeness (QED) is 0.643. The van der Waals surface area contributed by atoms with E-state index >= 15 is 0 Å². The average molecular weight is 382 g/mol. The molecule has 1 N–H and O–H groups in total. The fourth-order valence-electron chi connectivity index (χ4n) is 3.54. The molecule has 2 aliphatic rings. The van der Waals surface area contributed by atoms with Crippen molar-refractivity contribution in [3.8, 4) is 0 Å². The topological polar surface area (TPSA) is 75.5 Å². The van der Waals surface area contributed by atoms with E-state index in [1.54, 1.807) is 6.07 Å². The van der Waals surface area contributed by atoms with Crippen molar-refractivity contribution in [1.29, 1.82) is 0 Å². The Balaban J connectivity index is 1.64. The van der Waals surface area contributed by atoms with Crippen LogP contribution in [0.25, 0.3) is 0 Å². The van der Waals surface area contributed by atoms with Gasteiger partial charge in [0.1, 0.15) is 0 Å². The van der Waals surface area contributed by atoms with Crippen molar-refractivity contribution in [3.05, 3.63) is 38.3 Å². The number of carbonyl (C=O) groups excluding carboxylic acids is 1. The van der Waals surface area contributed by atoms with E-state index in [1.807, 2.05) is 4.90 Å². The van der Waals surface area contributed by atoms with Crippen LogP contribution in [0.2, 0.25) is 0 Å². The molecule has 0 unspecified atom stereocenters. The van der Waals surface area contributed by atoms with Gasteiger partial charge in [-0.25, -0.2) is 0 Å². The Morgan fingerprint density at radius 3 is 2.52 bits per heavy atom. The van der Waals surface area contributed by atoms with Crippen molar-refractivity contribution in [1.82, 2.24) is 10.2 Å².